The Labute approximate surface area is 203 Å². The van der Waals surface area contributed by atoms with Crippen LogP contribution in [0.15, 0.2) is 0 Å². The van der Waals surface area contributed by atoms with E-state index in [1.54, 1.807) is 0 Å². The number of fused-ring (bicyclic) bond motifs is 7. The molecule has 3 nitrogen and oxygen atoms in total. The minimum Gasteiger partial charge on any atom is -0.390 e. The number of aliphatic hydroxyl groups is 3. The highest BCUT2D eigenvalue weighted by molar-refractivity contribution is 5.23. The molecule has 0 aromatic heterocycles. The third-order valence-corrected chi connectivity index (χ3v) is 13.6. The van der Waals surface area contributed by atoms with Crippen LogP contribution in [0.25, 0.3) is 0 Å². The fourth-order valence-electron chi connectivity index (χ4n) is 12.3. The van der Waals surface area contributed by atoms with Crippen LogP contribution in [0.5, 0.6) is 0 Å². The first kappa shape index (κ1) is 24.6. The molecule has 5 fully saturated rings. The van der Waals surface area contributed by atoms with E-state index in [-0.39, 0.29) is 33.0 Å². The molecule has 0 radical (unpaired) electrons. The Kier molecular flexibility index (Phi) is 5.21. The molecule has 0 spiro atoms. The van der Waals surface area contributed by atoms with E-state index >= 15 is 0 Å². The highest BCUT2D eigenvalue weighted by atomic mass is 16.3. The maximum Gasteiger partial charge on any atom is 0.0863 e. The lowest BCUT2D eigenvalue weighted by molar-refractivity contribution is -0.310. The second-order valence-electron chi connectivity index (χ2n) is 15.6. The normalized spacial score (nSPS) is 58.1. The third-order valence-electron chi connectivity index (χ3n) is 13.6. The van der Waals surface area contributed by atoms with Crippen LogP contribution in [0.4, 0.5) is 0 Å². The number of hydrogen-bond acceptors (Lipinski definition) is 3. The smallest absolute Gasteiger partial charge is 0.0863 e. The van der Waals surface area contributed by atoms with Gasteiger partial charge in [0.05, 0.1) is 17.8 Å². The van der Waals surface area contributed by atoms with Gasteiger partial charge < -0.3 is 15.3 Å². The lowest BCUT2D eigenvalue weighted by Crippen LogP contribution is -2.74. The average molecular weight is 461 g/mol. The molecular formula is C30H52O3. The molecule has 3 N–H and O–H groups in total. The minimum absolute atomic E-state index is 0.0195. The summed E-state index contributed by atoms with van der Waals surface area (Å²) in [7, 11) is 0. The molecule has 11 unspecified atom stereocenters. The second kappa shape index (κ2) is 7.00. The van der Waals surface area contributed by atoms with Crippen molar-refractivity contribution in [3.63, 3.8) is 0 Å². The molecule has 0 aromatic carbocycles. The molecule has 3 heteroatoms. The lowest BCUT2D eigenvalue weighted by Gasteiger charge is -2.75. The largest absolute Gasteiger partial charge is 0.390 e. The highest BCUT2D eigenvalue weighted by Crippen LogP contribution is 2.78. The fourth-order valence-corrected chi connectivity index (χ4v) is 12.3. The monoisotopic (exact) mass is 460 g/mol. The standard InChI is InChI=1S/C30H52O3/c1-25(2)14-9-15-28(6)21-11-10-20-27(5)16-12-18(26(3,4)33)19(27)13-17-29(20,7)30(21,8)24(32)22(31)23(25)28/h18-24,31-33H,9-17H2,1-8H3. The zero-order chi connectivity index (χ0) is 24.4. The summed E-state index contributed by atoms with van der Waals surface area (Å²) in [4.78, 5) is 0. The van der Waals surface area contributed by atoms with Crippen LogP contribution in [-0.2, 0) is 0 Å². The number of rotatable bonds is 1. The van der Waals surface area contributed by atoms with Crippen molar-refractivity contribution >= 4 is 0 Å². The van der Waals surface area contributed by atoms with Gasteiger partial charge in [0.1, 0.15) is 0 Å². The molecule has 11 atom stereocenters. The van der Waals surface area contributed by atoms with Gasteiger partial charge in [0.2, 0.25) is 0 Å². The summed E-state index contributed by atoms with van der Waals surface area (Å²) >= 11 is 0. The van der Waals surface area contributed by atoms with Crippen molar-refractivity contribution in [3.8, 4) is 0 Å². The van der Waals surface area contributed by atoms with Crippen molar-refractivity contribution in [2.45, 2.75) is 131 Å². The summed E-state index contributed by atoms with van der Waals surface area (Å²) < 4.78 is 0. The van der Waals surface area contributed by atoms with Crippen molar-refractivity contribution in [2.75, 3.05) is 0 Å². The first-order chi connectivity index (χ1) is 15.0. The molecule has 0 aliphatic heterocycles. The molecule has 0 aromatic rings. The maximum atomic E-state index is 12.0. The summed E-state index contributed by atoms with van der Waals surface area (Å²) in [6.45, 7) is 18.6. The van der Waals surface area contributed by atoms with E-state index in [1.165, 1.54) is 32.1 Å². The second-order valence-corrected chi connectivity index (χ2v) is 15.6. The Morgan fingerprint density at radius 1 is 0.727 bits per heavy atom. The van der Waals surface area contributed by atoms with Gasteiger partial charge in [0.25, 0.3) is 0 Å². The molecule has 190 valence electrons. The van der Waals surface area contributed by atoms with Gasteiger partial charge >= 0.3 is 0 Å². The van der Waals surface area contributed by atoms with E-state index in [4.69, 9.17) is 0 Å². The van der Waals surface area contributed by atoms with Crippen molar-refractivity contribution in [1.82, 2.24) is 0 Å². The van der Waals surface area contributed by atoms with Gasteiger partial charge in [-0.3, -0.25) is 0 Å². The van der Waals surface area contributed by atoms with E-state index in [0.29, 0.717) is 23.7 Å². The van der Waals surface area contributed by atoms with Crippen LogP contribution < -0.4 is 0 Å². The minimum atomic E-state index is -0.655. The molecule has 0 bridgehead atoms. The van der Waals surface area contributed by atoms with Crippen molar-refractivity contribution in [1.29, 1.82) is 0 Å². The number of hydrogen-bond donors (Lipinski definition) is 3. The van der Waals surface area contributed by atoms with Crippen molar-refractivity contribution in [2.24, 2.45) is 56.7 Å². The van der Waals surface area contributed by atoms with E-state index in [2.05, 4.69) is 41.5 Å². The van der Waals surface area contributed by atoms with Crippen LogP contribution >= 0.6 is 0 Å². The van der Waals surface area contributed by atoms with E-state index < -0.39 is 17.8 Å². The molecule has 33 heavy (non-hydrogen) atoms. The molecule has 5 aliphatic carbocycles. The third kappa shape index (κ3) is 2.85. The summed E-state index contributed by atoms with van der Waals surface area (Å²) in [6.07, 6.45) is 9.29. The van der Waals surface area contributed by atoms with Crippen LogP contribution in [0, 0.1) is 56.7 Å². The zero-order valence-electron chi connectivity index (χ0n) is 22.7. The molecule has 0 heterocycles. The maximum absolute atomic E-state index is 12.0. The Bertz CT molecular complexity index is 799. The van der Waals surface area contributed by atoms with Crippen molar-refractivity contribution in [3.05, 3.63) is 0 Å². The molecular weight excluding hydrogens is 408 g/mol. The van der Waals surface area contributed by atoms with E-state index in [1.807, 2.05) is 13.8 Å². The fraction of sp³-hybridized carbons (Fsp3) is 1.00. The van der Waals surface area contributed by atoms with Gasteiger partial charge in [-0.1, -0.05) is 48.0 Å². The predicted octanol–water partition coefficient (Wildman–Crippen LogP) is 6.19. The van der Waals surface area contributed by atoms with Gasteiger partial charge in [-0.15, -0.1) is 0 Å². The van der Waals surface area contributed by atoms with Crippen LogP contribution in [0.2, 0.25) is 0 Å². The zero-order valence-corrected chi connectivity index (χ0v) is 22.7. The van der Waals surface area contributed by atoms with Crippen LogP contribution in [0.3, 0.4) is 0 Å². The Morgan fingerprint density at radius 2 is 1.36 bits per heavy atom. The van der Waals surface area contributed by atoms with Gasteiger partial charge in [-0.05, 0) is 116 Å². The summed E-state index contributed by atoms with van der Waals surface area (Å²) in [6, 6.07) is 0. The predicted molar refractivity (Wildman–Crippen MR) is 134 cm³/mol. The van der Waals surface area contributed by atoms with Gasteiger partial charge in [0.15, 0.2) is 0 Å². The van der Waals surface area contributed by atoms with E-state index in [0.717, 1.165) is 25.7 Å². The summed E-state index contributed by atoms with van der Waals surface area (Å²) in [5, 5.41) is 34.8. The molecule has 5 rings (SSSR count). The Morgan fingerprint density at radius 3 is 2.00 bits per heavy atom. The quantitative estimate of drug-likeness (QED) is 0.437. The Balaban J connectivity index is 1.58. The lowest BCUT2D eigenvalue weighted by atomic mass is 9.31. The molecule has 5 saturated carbocycles. The SMILES string of the molecule is CC(C)(O)C1CCC2(C)C1CCC1(C)C2CCC2C3(C)CCCC(C)(C)C3C(O)C(O)C21C. The van der Waals surface area contributed by atoms with E-state index in [9.17, 15) is 15.3 Å². The summed E-state index contributed by atoms with van der Waals surface area (Å²) in [5.41, 5.74) is -0.486. The average Bonchev–Trinajstić information content (AvgIpc) is 3.04. The van der Waals surface area contributed by atoms with Gasteiger partial charge in [0, 0.05) is 5.41 Å². The first-order valence-electron chi connectivity index (χ1n) is 14.1. The van der Waals surface area contributed by atoms with Gasteiger partial charge in [-0.2, -0.15) is 0 Å². The summed E-state index contributed by atoms with van der Waals surface area (Å²) in [5.74, 6) is 2.13. The van der Waals surface area contributed by atoms with Gasteiger partial charge in [-0.25, -0.2) is 0 Å². The van der Waals surface area contributed by atoms with Crippen molar-refractivity contribution < 1.29 is 15.3 Å². The van der Waals surface area contributed by atoms with Crippen LogP contribution in [0.1, 0.15) is 113 Å². The molecule has 5 aliphatic rings. The number of aliphatic hydroxyl groups excluding tert-OH is 2. The topological polar surface area (TPSA) is 60.7 Å². The first-order valence-corrected chi connectivity index (χ1v) is 14.1. The van der Waals surface area contributed by atoms with Crippen LogP contribution in [-0.4, -0.2) is 33.1 Å². The molecule has 0 amide bonds. The molecule has 0 saturated heterocycles. The Hall–Kier alpha value is -0.120. The highest BCUT2D eigenvalue weighted by Gasteiger charge is 2.74.